The van der Waals surface area contributed by atoms with E-state index >= 15 is 0 Å². The lowest BCUT2D eigenvalue weighted by Crippen LogP contribution is -2.46. The van der Waals surface area contributed by atoms with Crippen molar-refractivity contribution < 1.29 is 33.9 Å². The minimum Gasteiger partial charge on any atom is -0.502 e. The van der Waals surface area contributed by atoms with Gasteiger partial charge < -0.3 is 33.9 Å². The molecule has 0 aliphatic carbocycles. The lowest BCUT2D eigenvalue weighted by Gasteiger charge is -2.38. The number of phenolic OH excluding ortho intramolecular Hbond substituents is 1. The molecule has 0 spiro atoms. The minimum atomic E-state index is -0.328. The van der Waals surface area contributed by atoms with Gasteiger partial charge in [0.05, 0.1) is 20.8 Å². The summed E-state index contributed by atoms with van der Waals surface area (Å²) in [4.78, 5) is 0. The topological polar surface area (TPSA) is 98.6 Å². The zero-order valence-corrected chi connectivity index (χ0v) is 16.6. The Morgan fingerprint density at radius 2 is 1.69 bits per heavy atom. The van der Waals surface area contributed by atoms with E-state index in [9.17, 15) is 10.2 Å². The lowest BCUT2D eigenvalue weighted by molar-refractivity contribution is 0.0742. The Bertz CT molecular complexity index is 876. The number of aliphatic hydroxyl groups is 1. The van der Waals surface area contributed by atoms with E-state index in [1.165, 1.54) is 14.2 Å². The molecule has 0 saturated heterocycles. The van der Waals surface area contributed by atoms with Gasteiger partial charge in [-0.2, -0.15) is 0 Å². The molecule has 8 nitrogen and oxygen atoms in total. The van der Waals surface area contributed by atoms with Crippen LogP contribution in [0.2, 0.25) is 0 Å². The van der Waals surface area contributed by atoms with Crippen LogP contribution in [0.3, 0.4) is 0 Å². The molecular weight excluding hydrogens is 378 g/mol. The van der Waals surface area contributed by atoms with Gasteiger partial charge in [0.25, 0.3) is 0 Å². The number of hydrogen-bond donors (Lipinski definition) is 3. The number of fused-ring (bicyclic) bond motifs is 2. The normalized spacial score (nSPS) is 22.0. The highest BCUT2D eigenvalue weighted by Gasteiger charge is 2.38. The molecule has 2 aliphatic heterocycles. The van der Waals surface area contributed by atoms with Gasteiger partial charge in [0.2, 0.25) is 12.5 Å². The highest BCUT2D eigenvalue weighted by molar-refractivity contribution is 5.59. The summed E-state index contributed by atoms with van der Waals surface area (Å²) in [6.45, 7) is 2.65. The molecule has 0 aromatic heterocycles. The number of methoxy groups -OCH3 is 2. The van der Waals surface area contributed by atoms with Gasteiger partial charge in [0.1, 0.15) is 5.75 Å². The van der Waals surface area contributed by atoms with Crippen molar-refractivity contribution in [3.8, 4) is 34.5 Å². The van der Waals surface area contributed by atoms with Gasteiger partial charge >= 0.3 is 0 Å². The van der Waals surface area contributed by atoms with Crippen LogP contribution >= 0.6 is 0 Å². The lowest BCUT2D eigenvalue weighted by atomic mass is 9.78. The van der Waals surface area contributed by atoms with E-state index in [1.54, 1.807) is 0 Å². The number of aliphatic hydroxyl groups excluding tert-OH is 1. The van der Waals surface area contributed by atoms with Gasteiger partial charge in [-0.1, -0.05) is 6.92 Å². The number of nitrogens with one attached hydrogen (secondary N) is 1. The number of ether oxygens (including phenoxy) is 5. The third-order valence-electron chi connectivity index (χ3n) is 5.42. The second-order valence-corrected chi connectivity index (χ2v) is 7.07. The van der Waals surface area contributed by atoms with Crippen LogP contribution in [0.25, 0.3) is 0 Å². The van der Waals surface area contributed by atoms with Crippen molar-refractivity contribution in [2.45, 2.75) is 19.1 Å². The summed E-state index contributed by atoms with van der Waals surface area (Å²) in [7, 11) is 3.01. The van der Waals surface area contributed by atoms with Gasteiger partial charge in [0.15, 0.2) is 29.2 Å². The maximum absolute atomic E-state index is 10.3. The largest absolute Gasteiger partial charge is 0.502 e. The smallest absolute Gasteiger partial charge is 0.231 e. The fraction of sp³-hybridized carbons (Fsp3) is 0.429. The Morgan fingerprint density at radius 1 is 1.03 bits per heavy atom. The average molecular weight is 403 g/mol. The van der Waals surface area contributed by atoms with E-state index in [2.05, 4.69) is 12.2 Å². The van der Waals surface area contributed by atoms with E-state index in [1.807, 2.05) is 24.3 Å². The van der Waals surface area contributed by atoms with Crippen LogP contribution in [0.4, 0.5) is 0 Å². The van der Waals surface area contributed by atoms with Crippen molar-refractivity contribution >= 4 is 0 Å². The van der Waals surface area contributed by atoms with Crippen molar-refractivity contribution in [3.63, 3.8) is 0 Å². The van der Waals surface area contributed by atoms with Crippen LogP contribution in [-0.4, -0.2) is 50.6 Å². The summed E-state index contributed by atoms with van der Waals surface area (Å²) in [5.41, 5.74) is 1.85. The van der Waals surface area contributed by atoms with Crippen LogP contribution in [0.1, 0.15) is 24.0 Å². The molecule has 156 valence electrons. The maximum atomic E-state index is 10.3. The number of benzene rings is 2. The standard InChI is InChI=1S/C21H25NO7/c1-11-19(12-6-17(25-2)20(24)18(7-12)26-3)13-8-15-16(28-10-27-15)9-14(13)29-21(11)22-4-5-23/h6-9,11,19,21-24H,4-5,10H2,1-3H3/t11-,19+,21-/m0/s1. The summed E-state index contributed by atoms with van der Waals surface area (Å²) in [6.07, 6.45) is -0.328. The molecule has 4 rings (SSSR count). The third-order valence-corrected chi connectivity index (χ3v) is 5.42. The Morgan fingerprint density at radius 3 is 2.31 bits per heavy atom. The van der Waals surface area contributed by atoms with Crippen molar-refractivity contribution in [1.82, 2.24) is 5.32 Å². The Balaban J connectivity index is 1.84. The van der Waals surface area contributed by atoms with Crippen LogP contribution < -0.4 is 29.0 Å². The van der Waals surface area contributed by atoms with Crippen LogP contribution in [0.15, 0.2) is 24.3 Å². The molecule has 0 amide bonds. The summed E-state index contributed by atoms with van der Waals surface area (Å²) in [5.74, 6) is 2.50. The fourth-order valence-corrected chi connectivity index (χ4v) is 4.00. The zero-order chi connectivity index (χ0) is 20.5. The molecule has 0 saturated carbocycles. The molecule has 2 aliphatic rings. The maximum Gasteiger partial charge on any atom is 0.231 e. The summed E-state index contributed by atoms with van der Waals surface area (Å²) < 4.78 is 28.0. The molecular formula is C21H25NO7. The Hall–Kier alpha value is -2.84. The first kappa shape index (κ1) is 19.5. The molecule has 0 fully saturated rings. The van der Waals surface area contributed by atoms with Crippen molar-refractivity contribution in [1.29, 1.82) is 0 Å². The van der Waals surface area contributed by atoms with E-state index < -0.39 is 0 Å². The Labute approximate surface area is 168 Å². The van der Waals surface area contributed by atoms with Crippen LogP contribution in [0, 0.1) is 5.92 Å². The number of rotatable bonds is 6. The predicted molar refractivity (Wildman–Crippen MR) is 104 cm³/mol. The first-order chi connectivity index (χ1) is 14.1. The van der Waals surface area contributed by atoms with Crippen LogP contribution in [0.5, 0.6) is 34.5 Å². The predicted octanol–water partition coefficient (Wildman–Crippen LogP) is 2.21. The summed E-state index contributed by atoms with van der Waals surface area (Å²) in [5, 5.41) is 22.8. The highest BCUT2D eigenvalue weighted by Crippen LogP contribution is 2.50. The molecule has 2 aromatic carbocycles. The fourth-order valence-electron chi connectivity index (χ4n) is 4.00. The molecule has 0 radical (unpaired) electrons. The van der Waals surface area contributed by atoms with Crippen molar-refractivity contribution in [2.24, 2.45) is 5.92 Å². The monoisotopic (exact) mass is 403 g/mol. The highest BCUT2D eigenvalue weighted by atomic mass is 16.7. The quantitative estimate of drug-likeness (QED) is 0.675. The van der Waals surface area contributed by atoms with Crippen LogP contribution in [-0.2, 0) is 0 Å². The third kappa shape index (κ3) is 3.38. The molecule has 2 heterocycles. The molecule has 3 atom stereocenters. The molecule has 0 unspecified atom stereocenters. The van der Waals surface area contributed by atoms with E-state index in [4.69, 9.17) is 23.7 Å². The molecule has 0 bridgehead atoms. The first-order valence-corrected chi connectivity index (χ1v) is 9.46. The Kier molecular flexibility index (Phi) is 5.29. The number of phenols is 1. The van der Waals surface area contributed by atoms with E-state index in [0.717, 1.165) is 11.1 Å². The average Bonchev–Trinajstić information content (AvgIpc) is 3.18. The molecule has 3 N–H and O–H groups in total. The molecule has 29 heavy (non-hydrogen) atoms. The molecule has 8 heteroatoms. The minimum absolute atomic E-state index is 0.00605. The van der Waals surface area contributed by atoms with Crippen molar-refractivity contribution in [3.05, 3.63) is 35.4 Å². The summed E-state index contributed by atoms with van der Waals surface area (Å²) in [6, 6.07) is 7.38. The second kappa shape index (κ2) is 7.88. The van der Waals surface area contributed by atoms with Gasteiger partial charge in [-0.25, -0.2) is 0 Å². The van der Waals surface area contributed by atoms with Crippen molar-refractivity contribution in [2.75, 3.05) is 34.2 Å². The van der Waals surface area contributed by atoms with E-state index in [-0.39, 0.29) is 37.2 Å². The number of hydrogen-bond acceptors (Lipinski definition) is 8. The van der Waals surface area contributed by atoms with E-state index in [0.29, 0.717) is 35.3 Å². The molecule has 2 aromatic rings. The summed E-state index contributed by atoms with van der Waals surface area (Å²) >= 11 is 0. The van der Waals surface area contributed by atoms with Gasteiger partial charge in [-0.05, 0) is 23.8 Å². The number of aromatic hydroxyl groups is 1. The SMILES string of the molecule is COc1cc([C@@H]2c3cc4c(cc3O[C@H](NCCO)[C@H]2C)OCO4)cc(OC)c1O. The zero-order valence-electron chi connectivity index (χ0n) is 16.6. The van der Waals surface area contributed by atoms with Gasteiger partial charge in [-0.15, -0.1) is 0 Å². The first-order valence-electron chi connectivity index (χ1n) is 9.46. The van der Waals surface area contributed by atoms with Gasteiger partial charge in [-0.3, -0.25) is 5.32 Å². The van der Waals surface area contributed by atoms with Gasteiger partial charge in [0, 0.05) is 30.0 Å². The second-order valence-electron chi connectivity index (χ2n) is 7.07.